The van der Waals surface area contributed by atoms with Gasteiger partial charge in [-0.1, -0.05) is 63.2 Å². The number of rotatable bonds is 13. The van der Waals surface area contributed by atoms with Crippen LogP contribution in [-0.2, 0) is 31.1 Å². The van der Waals surface area contributed by atoms with Crippen LogP contribution in [0.25, 0.3) is 0 Å². The lowest BCUT2D eigenvalue weighted by Crippen LogP contribution is -2.44. The summed E-state index contributed by atoms with van der Waals surface area (Å²) in [5.74, 6) is -1.11. The minimum Gasteiger partial charge on any atom is -0.445 e. The highest BCUT2D eigenvalue weighted by molar-refractivity contribution is 5.93. The number of benzene rings is 2. The van der Waals surface area contributed by atoms with Crippen molar-refractivity contribution in [1.29, 1.82) is 0 Å². The Kier molecular flexibility index (Phi) is 11.6. The van der Waals surface area contributed by atoms with Crippen LogP contribution in [0, 0.1) is 0 Å². The van der Waals surface area contributed by atoms with Crippen molar-refractivity contribution in [3.63, 3.8) is 0 Å². The molecule has 2 rings (SSSR count). The number of amides is 4. The van der Waals surface area contributed by atoms with Gasteiger partial charge < -0.3 is 26.4 Å². The van der Waals surface area contributed by atoms with Crippen molar-refractivity contribution in [3.05, 3.63) is 65.7 Å². The van der Waals surface area contributed by atoms with E-state index in [4.69, 9.17) is 10.5 Å². The molecular weight excluding hydrogens is 472 g/mol. The molecule has 1 atom stereocenters. The lowest BCUT2D eigenvalue weighted by molar-refractivity contribution is -0.124. The lowest BCUT2D eigenvalue weighted by atomic mass is 9.87. The molecule has 0 unspecified atom stereocenters. The van der Waals surface area contributed by atoms with Gasteiger partial charge in [0.1, 0.15) is 12.6 Å². The van der Waals surface area contributed by atoms with Gasteiger partial charge >= 0.3 is 6.09 Å². The molecule has 0 fully saturated rings. The first kappa shape index (κ1) is 29.4. The van der Waals surface area contributed by atoms with E-state index < -0.39 is 18.0 Å². The molecular formula is C28H38N4O5. The molecule has 0 saturated heterocycles. The van der Waals surface area contributed by atoms with E-state index in [0.717, 1.165) is 5.56 Å². The Labute approximate surface area is 218 Å². The standard InChI is InChI=1S/C28H38N4O5/c1-28(2,3)21-12-14-22(15-13-21)31-25(34)17-16-24(33)30-18-8-7-11-23(26(29)35)32-27(36)37-19-20-9-5-4-6-10-20/h4-6,9-10,12-15,23H,7-8,11,16-19H2,1-3H3,(H2,29,35)(H,30,33)(H,31,34)(H,32,36)/t23-/m0/s1. The van der Waals surface area contributed by atoms with E-state index in [-0.39, 0.29) is 36.7 Å². The van der Waals surface area contributed by atoms with E-state index in [1.54, 1.807) is 0 Å². The van der Waals surface area contributed by atoms with Crippen LogP contribution < -0.4 is 21.7 Å². The maximum absolute atomic E-state index is 12.1. The zero-order chi connectivity index (χ0) is 27.3. The first-order chi connectivity index (χ1) is 17.5. The number of alkyl carbamates (subject to hydrolysis) is 1. The third-order valence-corrected chi connectivity index (χ3v) is 5.70. The maximum Gasteiger partial charge on any atom is 0.408 e. The summed E-state index contributed by atoms with van der Waals surface area (Å²) in [5, 5.41) is 8.04. The molecule has 0 aliphatic heterocycles. The Morgan fingerprint density at radius 2 is 1.54 bits per heavy atom. The van der Waals surface area contributed by atoms with Crippen LogP contribution in [-0.4, -0.2) is 36.4 Å². The fraction of sp³-hybridized carbons (Fsp3) is 0.429. The van der Waals surface area contributed by atoms with E-state index in [1.807, 2.05) is 54.6 Å². The van der Waals surface area contributed by atoms with Crippen LogP contribution in [0.5, 0.6) is 0 Å². The predicted octanol–water partition coefficient (Wildman–Crippen LogP) is 3.77. The van der Waals surface area contributed by atoms with E-state index >= 15 is 0 Å². The molecule has 200 valence electrons. The normalized spacial score (nSPS) is 11.8. The van der Waals surface area contributed by atoms with Gasteiger partial charge in [0.2, 0.25) is 17.7 Å². The molecule has 2 aromatic rings. The number of carbonyl (C=O) groups is 4. The first-order valence-corrected chi connectivity index (χ1v) is 12.5. The number of anilines is 1. The van der Waals surface area contributed by atoms with Gasteiger partial charge in [-0.15, -0.1) is 0 Å². The number of ether oxygens (including phenoxy) is 1. The highest BCUT2D eigenvalue weighted by Gasteiger charge is 2.18. The number of hydrogen-bond acceptors (Lipinski definition) is 5. The molecule has 0 aromatic heterocycles. The number of carbonyl (C=O) groups excluding carboxylic acids is 4. The fourth-order valence-corrected chi connectivity index (χ4v) is 3.49. The third kappa shape index (κ3) is 11.6. The molecule has 37 heavy (non-hydrogen) atoms. The molecule has 0 heterocycles. The van der Waals surface area contributed by atoms with Gasteiger partial charge in [0.05, 0.1) is 0 Å². The third-order valence-electron chi connectivity index (χ3n) is 5.70. The van der Waals surface area contributed by atoms with Crippen molar-refractivity contribution in [2.24, 2.45) is 5.73 Å². The Hall–Kier alpha value is -3.88. The van der Waals surface area contributed by atoms with Crippen LogP contribution in [0.4, 0.5) is 10.5 Å². The van der Waals surface area contributed by atoms with Gasteiger partial charge in [-0.25, -0.2) is 4.79 Å². The second-order valence-corrected chi connectivity index (χ2v) is 9.88. The molecule has 0 radical (unpaired) electrons. The first-order valence-electron chi connectivity index (χ1n) is 12.5. The van der Waals surface area contributed by atoms with Gasteiger partial charge in [-0.2, -0.15) is 0 Å². The van der Waals surface area contributed by atoms with Crippen molar-refractivity contribution >= 4 is 29.5 Å². The summed E-state index contributed by atoms with van der Waals surface area (Å²) in [5.41, 5.74) is 8.12. The summed E-state index contributed by atoms with van der Waals surface area (Å²) >= 11 is 0. The number of primary amides is 1. The second-order valence-electron chi connectivity index (χ2n) is 9.88. The molecule has 0 aliphatic rings. The minimum absolute atomic E-state index is 0.0340. The van der Waals surface area contributed by atoms with Gasteiger partial charge in [-0.05, 0) is 47.9 Å². The molecule has 9 nitrogen and oxygen atoms in total. The molecule has 9 heteroatoms. The quantitative estimate of drug-likeness (QED) is 0.304. The highest BCUT2D eigenvalue weighted by atomic mass is 16.5. The Balaban J connectivity index is 1.60. The van der Waals surface area contributed by atoms with Gasteiger partial charge in [0, 0.05) is 25.1 Å². The molecule has 4 amide bonds. The monoisotopic (exact) mass is 510 g/mol. The number of unbranched alkanes of at least 4 members (excludes halogenated alkanes) is 1. The lowest BCUT2D eigenvalue weighted by Gasteiger charge is -2.19. The van der Waals surface area contributed by atoms with E-state index in [1.165, 1.54) is 5.56 Å². The van der Waals surface area contributed by atoms with Crippen molar-refractivity contribution < 1.29 is 23.9 Å². The number of hydrogen-bond donors (Lipinski definition) is 4. The SMILES string of the molecule is CC(C)(C)c1ccc(NC(=O)CCC(=O)NCCCC[C@H](NC(=O)OCc2ccccc2)C(N)=O)cc1. The summed E-state index contributed by atoms with van der Waals surface area (Å²) in [6.07, 6.45) is 0.892. The van der Waals surface area contributed by atoms with Crippen LogP contribution in [0.15, 0.2) is 54.6 Å². The average Bonchev–Trinajstić information content (AvgIpc) is 2.85. The van der Waals surface area contributed by atoms with E-state index in [0.29, 0.717) is 31.5 Å². The topological polar surface area (TPSA) is 140 Å². The van der Waals surface area contributed by atoms with Gasteiger partial charge in [0.25, 0.3) is 0 Å². The Morgan fingerprint density at radius 3 is 2.16 bits per heavy atom. The maximum atomic E-state index is 12.1. The van der Waals surface area contributed by atoms with Crippen LogP contribution >= 0.6 is 0 Å². The van der Waals surface area contributed by atoms with Gasteiger partial charge in [0.15, 0.2) is 0 Å². The molecule has 0 saturated carbocycles. The summed E-state index contributed by atoms with van der Waals surface area (Å²) in [7, 11) is 0. The number of nitrogens with one attached hydrogen (secondary N) is 3. The zero-order valence-corrected chi connectivity index (χ0v) is 21.8. The minimum atomic E-state index is -0.861. The molecule has 5 N–H and O–H groups in total. The summed E-state index contributed by atoms with van der Waals surface area (Å²) in [6.45, 7) is 6.84. The van der Waals surface area contributed by atoms with Crippen LogP contribution in [0.3, 0.4) is 0 Å². The molecule has 0 spiro atoms. The summed E-state index contributed by atoms with van der Waals surface area (Å²) in [4.78, 5) is 47.8. The van der Waals surface area contributed by atoms with Crippen molar-refractivity contribution in [1.82, 2.24) is 10.6 Å². The zero-order valence-electron chi connectivity index (χ0n) is 21.8. The average molecular weight is 511 g/mol. The fourth-order valence-electron chi connectivity index (χ4n) is 3.49. The number of nitrogens with two attached hydrogens (primary N) is 1. The van der Waals surface area contributed by atoms with Gasteiger partial charge in [-0.3, -0.25) is 14.4 Å². The Bertz CT molecular complexity index is 1030. The summed E-state index contributed by atoms with van der Waals surface area (Å²) in [6, 6.07) is 16.0. The van der Waals surface area contributed by atoms with Crippen molar-refractivity contribution in [3.8, 4) is 0 Å². The van der Waals surface area contributed by atoms with Crippen LogP contribution in [0.1, 0.15) is 64.0 Å². The van der Waals surface area contributed by atoms with Crippen molar-refractivity contribution in [2.75, 3.05) is 11.9 Å². The van der Waals surface area contributed by atoms with Crippen LogP contribution in [0.2, 0.25) is 0 Å². The highest BCUT2D eigenvalue weighted by Crippen LogP contribution is 2.23. The predicted molar refractivity (Wildman–Crippen MR) is 143 cm³/mol. The molecule has 0 bridgehead atoms. The van der Waals surface area contributed by atoms with E-state index in [2.05, 4.69) is 36.7 Å². The van der Waals surface area contributed by atoms with Crippen molar-refractivity contribution in [2.45, 2.75) is 70.9 Å². The Morgan fingerprint density at radius 1 is 0.892 bits per heavy atom. The second kappa shape index (κ2) is 14.6. The van der Waals surface area contributed by atoms with E-state index in [9.17, 15) is 19.2 Å². The smallest absolute Gasteiger partial charge is 0.408 e. The summed E-state index contributed by atoms with van der Waals surface area (Å²) < 4.78 is 5.12. The molecule has 0 aliphatic carbocycles. The molecule has 2 aromatic carbocycles. The largest absolute Gasteiger partial charge is 0.445 e.